The maximum absolute atomic E-state index is 13.5. The lowest BCUT2D eigenvalue weighted by Gasteiger charge is -2.66. The largest absolute Gasteiger partial charge is 0.493 e. The highest BCUT2D eigenvalue weighted by Crippen LogP contribution is 2.69. The molecule has 0 radical (unpaired) electrons. The van der Waals surface area contributed by atoms with E-state index >= 15 is 0 Å². The number of carbonyl (C=O) groups is 1. The van der Waals surface area contributed by atoms with Gasteiger partial charge in [0.15, 0.2) is 22.9 Å². The molecule has 2 aliphatic heterocycles. The normalized spacial score (nSPS) is 34.7. The molecule has 5 nitrogen and oxygen atoms in total. The molecular formula is C27H31NO4. The Morgan fingerprint density at radius 2 is 1.94 bits per heavy atom. The highest BCUT2D eigenvalue weighted by Gasteiger charge is 2.78. The van der Waals surface area contributed by atoms with Crippen LogP contribution in [0, 0.1) is 0 Å². The van der Waals surface area contributed by atoms with Gasteiger partial charge in [-0.15, -0.1) is 0 Å². The third kappa shape index (κ3) is 2.24. The maximum atomic E-state index is 13.5. The van der Waals surface area contributed by atoms with Gasteiger partial charge < -0.3 is 14.2 Å². The van der Waals surface area contributed by atoms with Crippen LogP contribution in [-0.2, 0) is 27.8 Å². The van der Waals surface area contributed by atoms with Crippen LogP contribution in [0.25, 0.3) is 0 Å². The lowest BCUT2D eigenvalue weighted by Crippen LogP contribution is -2.80. The van der Waals surface area contributed by atoms with E-state index in [0.29, 0.717) is 6.42 Å². The molecule has 168 valence electrons. The summed E-state index contributed by atoms with van der Waals surface area (Å²) in [5.41, 5.74) is 1.96. The molecule has 6 rings (SSSR count). The average molecular weight is 434 g/mol. The van der Waals surface area contributed by atoms with Crippen LogP contribution in [-0.4, -0.2) is 55.2 Å². The monoisotopic (exact) mass is 433 g/mol. The van der Waals surface area contributed by atoms with Crippen LogP contribution in [0.4, 0.5) is 0 Å². The van der Waals surface area contributed by atoms with Gasteiger partial charge in [0.05, 0.1) is 18.1 Å². The van der Waals surface area contributed by atoms with E-state index in [0.717, 1.165) is 50.3 Å². The SMILES string of the molecule is COc1ccc2c3c1O[C@@]1(C)C(=O)CC[C@@]4(OC)[C@@H](C2)N(CCc2ccccc2)CC[C@]314. The smallest absolute Gasteiger partial charge is 0.177 e. The van der Waals surface area contributed by atoms with E-state index in [1.165, 1.54) is 16.7 Å². The van der Waals surface area contributed by atoms with Crippen molar-refractivity contribution in [1.29, 1.82) is 0 Å². The van der Waals surface area contributed by atoms with Gasteiger partial charge in [0.2, 0.25) is 0 Å². The first-order valence-electron chi connectivity index (χ1n) is 11.8. The molecule has 0 aromatic heterocycles. The summed E-state index contributed by atoms with van der Waals surface area (Å²) in [6.07, 6.45) is 3.99. The Balaban J connectivity index is 1.49. The highest BCUT2D eigenvalue weighted by molar-refractivity contribution is 5.94. The molecule has 2 heterocycles. The Morgan fingerprint density at radius 3 is 2.69 bits per heavy atom. The second-order valence-electron chi connectivity index (χ2n) is 9.93. The molecule has 1 saturated heterocycles. The van der Waals surface area contributed by atoms with E-state index in [1.807, 2.05) is 20.1 Å². The fourth-order valence-corrected chi connectivity index (χ4v) is 7.58. The van der Waals surface area contributed by atoms with Gasteiger partial charge in [-0.2, -0.15) is 0 Å². The molecule has 1 spiro atoms. The molecule has 0 N–H and O–H groups in total. The molecule has 2 fully saturated rings. The molecule has 0 amide bonds. The Kier molecular flexibility index (Phi) is 4.31. The zero-order chi connectivity index (χ0) is 22.1. The van der Waals surface area contributed by atoms with Crippen molar-refractivity contribution in [1.82, 2.24) is 4.90 Å². The molecule has 2 aromatic carbocycles. The zero-order valence-corrected chi connectivity index (χ0v) is 19.1. The number of methoxy groups -OCH3 is 2. The summed E-state index contributed by atoms with van der Waals surface area (Å²) in [5.74, 6) is 1.67. The molecule has 5 heteroatoms. The molecule has 32 heavy (non-hydrogen) atoms. The topological polar surface area (TPSA) is 48.0 Å². The molecule has 4 aliphatic rings. The number of hydrogen-bond donors (Lipinski definition) is 0. The van der Waals surface area contributed by atoms with Crippen LogP contribution in [0.5, 0.6) is 11.5 Å². The van der Waals surface area contributed by atoms with Gasteiger partial charge in [0, 0.05) is 31.7 Å². The number of nitrogens with zero attached hydrogens (tertiary/aromatic N) is 1. The third-order valence-electron chi connectivity index (χ3n) is 9.01. The summed E-state index contributed by atoms with van der Waals surface area (Å²) in [6, 6.07) is 15.1. The van der Waals surface area contributed by atoms with E-state index in [4.69, 9.17) is 14.2 Å². The van der Waals surface area contributed by atoms with Crippen LogP contribution in [0.2, 0.25) is 0 Å². The second kappa shape index (κ2) is 6.82. The fraction of sp³-hybridized carbons (Fsp3) is 0.519. The van der Waals surface area contributed by atoms with Crippen molar-refractivity contribution in [3.63, 3.8) is 0 Å². The quantitative estimate of drug-likeness (QED) is 0.720. The van der Waals surface area contributed by atoms with Crippen LogP contribution >= 0.6 is 0 Å². The number of hydrogen-bond acceptors (Lipinski definition) is 5. The first-order chi connectivity index (χ1) is 15.5. The number of ketones is 1. The number of ether oxygens (including phenoxy) is 3. The number of piperidine rings is 1. The molecule has 4 atom stereocenters. The Labute approximate surface area is 189 Å². The van der Waals surface area contributed by atoms with Gasteiger partial charge >= 0.3 is 0 Å². The Morgan fingerprint density at radius 1 is 1.12 bits per heavy atom. The first kappa shape index (κ1) is 20.3. The van der Waals surface area contributed by atoms with E-state index in [-0.39, 0.29) is 11.8 Å². The molecule has 2 bridgehead atoms. The van der Waals surface area contributed by atoms with Gasteiger partial charge in [0.25, 0.3) is 0 Å². The summed E-state index contributed by atoms with van der Waals surface area (Å²) >= 11 is 0. The van der Waals surface area contributed by atoms with Crippen molar-refractivity contribution in [2.75, 3.05) is 27.3 Å². The van der Waals surface area contributed by atoms with Crippen molar-refractivity contribution in [3.05, 3.63) is 59.2 Å². The number of rotatable bonds is 5. The second-order valence-corrected chi connectivity index (χ2v) is 9.93. The average Bonchev–Trinajstić information content (AvgIpc) is 3.10. The van der Waals surface area contributed by atoms with Crippen LogP contribution in [0.1, 0.15) is 42.9 Å². The van der Waals surface area contributed by atoms with E-state index in [9.17, 15) is 4.79 Å². The maximum Gasteiger partial charge on any atom is 0.177 e. The Hall–Kier alpha value is -2.37. The van der Waals surface area contributed by atoms with Gasteiger partial charge in [-0.1, -0.05) is 36.4 Å². The highest BCUT2D eigenvalue weighted by atomic mass is 16.5. The van der Waals surface area contributed by atoms with Gasteiger partial charge in [0.1, 0.15) is 0 Å². The zero-order valence-electron chi connectivity index (χ0n) is 19.1. The van der Waals surface area contributed by atoms with Crippen molar-refractivity contribution in [2.45, 2.75) is 61.7 Å². The van der Waals surface area contributed by atoms with Gasteiger partial charge in [-0.25, -0.2) is 0 Å². The summed E-state index contributed by atoms with van der Waals surface area (Å²) in [5, 5.41) is 0. The predicted molar refractivity (Wildman–Crippen MR) is 122 cm³/mol. The van der Waals surface area contributed by atoms with E-state index in [1.54, 1.807) is 7.11 Å². The minimum absolute atomic E-state index is 0.188. The minimum atomic E-state index is -0.919. The van der Waals surface area contributed by atoms with Crippen molar-refractivity contribution in [3.8, 4) is 11.5 Å². The first-order valence-corrected chi connectivity index (χ1v) is 11.8. The summed E-state index contributed by atoms with van der Waals surface area (Å²) < 4.78 is 18.9. The van der Waals surface area contributed by atoms with E-state index in [2.05, 4.69) is 41.3 Å². The Bertz CT molecular complexity index is 1080. The number of Topliss-reactive ketones (excluding diaryl/α,β-unsaturated/α-hetero) is 1. The number of likely N-dealkylation sites (tertiary alicyclic amines) is 1. The third-order valence-corrected chi connectivity index (χ3v) is 9.01. The fourth-order valence-electron chi connectivity index (χ4n) is 7.58. The molecule has 2 aliphatic carbocycles. The van der Waals surface area contributed by atoms with Crippen LogP contribution < -0.4 is 9.47 Å². The molecule has 2 aromatic rings. The molecule has 1 saturated carbocycles. The van der Waals surface area contributed by atoms with Crippen LogP contribution in [0.3, 0.4) is 0 Å². The van der Waals surface area contributed by atoms with Gasteiger partial charge in [-0.05, 0) is 56.3 Å². The van der Waals surface area contributed by atoms with Crippen molar-refractivity contribution < 1.29 is 19.0 Å². The van der Waals surface area contributed by atoms with Crippen molar-refractivity contribution in [2.24, 2.45) is 0 Å². The summed E-state index contributed by atoms with van der Waals surface area (Å²) in [7, 11) is 3.52. The number of carbonyl (C=O) groups excluding carboxylic acids is 1. The molecular weight excluding hydrogens is 402 g/mol. The van der Waals surface area contributed by atoms with Gasteiger partial charge in [-0.3, -0.25) is 9.69 Å². The van der Waals surface area contributed by atoms with Crippen LogP contribution in [0.15, 0.2) is 42.5 Å². The lowest BCUT2D eigenvalue weighted by molar-refractivity contribution is -0.220. The molecule has 0 unspecified atom stereocenters. The lowest BCUT2D eigenvalue weighted by atomic mass is 9.45. The standard InChI is InChI=1S/C27H31NO4/c1-25-22(29)11-13-27(31-3)21-17-19-9-10-20(30-2)24(32-25)23(19)26(25,27)14-16-28(21)15-12-18-7-5-4-6-8-18/h4-10,21H,11-17H2,1-3H3/t21-,25+,26+,27-/m1/s1. The minimum Gasteiger partial charge on any atom is -0.493 e. The number of benzene rings is 2. The van der Waals surface area contributed by atoms with E-state index < -0.39 is 16.6 Å². The summed E-state index contributed by atoms with van der Waals surface area (Å²) in [6.45, 7) is 3.93. The summed E-state index contributed by atoms with van der Waals surface area (Å²) in [4.78, 5) is 16.1. The van der Waals surface area contributed by atoms with Crippen molar-refractivity contribution >= 4 is 5.78 Å². The predicted octanol–water partition coefficient (Wildman–Crippen LogP) is 3.71.